The zero-order chi connectivity index (χ0) is 13.7. The van der Waals surface area contributed by atoms with Crippen LogP contribution < -0.4 is 10.5 Å². The summed E-state index contributed by atoms with van der Waals surface area (Å²) in [5, 5.41) is 0. The molecule has 2 N–H and O–H groups in total. The van der Waals surface area contributed by atoms with E-state index in [2.05, 4.69) is 11.9 Å². The zero-order valence-corrected chi connectivity index (χ0v) is 11.5. The van der Waals surface area contributed by atoms with E-state index in [1.807, 2.05) is 43.3 Å². The van der Waals surface area contributed by atoms with Gasteiger partial charge in [0.15, 0.2) is 0 Å². The second kappa shape index (κ2) is 6.34. The summed E-state index contributed by atoms with van der Waals surface area (Å²) in [6.07, 6.45) is 2.72. The van der Waals surface area contributed by atoms with E-state index in [4.69, 9.17) is 10.5 Å². The molecule has 0 aliphatic heterocycles. The molecule has 1 unspecified atom stereocenters. The molecule has 0 aliphatic rings. The molecule has 2 aromatic rings. The first kappa shape index (κ1) is 13.6. The molecule has 100 valence electrons. The molecule has 0 aliphatic carbocycles. The quantitative estimate of drug-likeness (QED) is 0.892. The van der Waals surface area contributed by atoms with Gasteiger partial charge >= 0.3 is 0 Å². The Morgan fingerprint density at radius 2 is 1.95 bits per heavy atom. The van der Waals surface area contributed by atoms with Gasteiger partial charge in [0, 0.05) is 12.2 Å². The minimum Gasteiger partial charge on any atom is -0.487 e. The van der Waals surface area contributed by atoms with Gasteiger partial charge in [-0.15, -0.1) is 0 Å². The van der Waals surface area contributed by atoms with Gasteiger partial charge in [-0.2, -0.15) is 0 Å². The molecule has 3 heteroatoms. The Bertz CT molecular complexity index is 523. The summed E-state index contributed by atoms with van der Waals surface area (Å²) in [5.74, 6) is 0.845. The van der Waals surface area contributed by atoms with Crippen molar-refractivity contribution in [2.24, 2.45) is 5.73 Å². The molecule has 0 saturated heterocycles. The van der Waals surface area contributed by atoms with Gasteiger partial charge in [0.05, 0.1) is 5.69 Å². The average molecular weight is 256 g/mol. The van der Waals surface area contributed by atoms with Crippen molar-refractivity contribution in [1.82, 2.24) is 4.98 Å². The van der Waals surface area contributed by atoms with Gasteiger partial charge in [-0.25, -0.2) is 0 Å². The largest absolute Gasteiger partial charge is 0.487 e. The molecule has 0 radical (unpaired) electrons. The Kier molecular flexibility index (Phi) is 4.53. The van der Waals surface area contributed by atoms with Crippen molar-refractivity contribution in [3.63, 3.8) is 0 Å². The van der Waals surface area contributed by atoms with E-state index in [1.54, 1.807) is 6.20 Å². The molecule has 2 rings (SSSR count). The lowest BCUT2D eigenvalue weighted by molar-refractivity contribution is 0.300. The van der Waals surface area contributed by atoms with Crippen LogP contribution in [0.25, 0.3) is 0 Å². The summed E-state index contributed by atoms with van der Waals surface area (Å²) in [7, 11) is 0. The maximum Gasteiger partial charge on any atom is 0.130 e. The standard InChI is InChI=1S/C16H20N2O/c1-3-15(17)13-6-8-14(9-7-13)19-11-16-12(2)5-4-10-18-16/h4-10,15H,3,11,17H2,1-2H3. The third-order valence-electron chi connectivity index (χ3n) is 3.24. The van der Waals surface area contributed by atoms with E-state index in [-0.39, 0.29) is 6.04 Å². The van der Waals surface area contributed by atoms with E-state index < -0.39 is 0 Å². The second-order valence-corrected chi connectivity index (χ2v) is 4.64. The highest BCUT2D eigenvalue weighted by Crippen LogP contribution is 2.19. The lowest BCUT2D eigenvalue weighted by atomic mass is 10.1. The molecule has 0 amide bonds. The topological polar surface area (TPSA) is 48.1 Å². The summed E-state index contributed by atoms with van der Waals surface area (Å²) in [6.45, 7) is 4.61. The summed E-state index contributed by atoms with van der Waals surface area (Å²) in [4.78, 5) is 4.31. The smallest absolute Gasteiger partial charge is 0.130 e. The van der Waals surface area contributed by atoms with Crippen LogP contribution in [0.3, 0.4) is 0 Å². The predicted octanol–water partition coefficient (Wildman–Crippen LogP) is 3.38. The van der Waals surface area contributed by atoms with Gasteiger partial charge in [0.25, 0.3) is 0 Å². The average Bonchev–Trinajstić information content (AvgIpc) is 2.46. The lowest BCUT2D eigenvalue weighted by Gasteiger charge is -2.11. The molecular weight excluding hydrogens is 236 g/mol. The monoisotopic (exact) mass is 256 g/mol. The zero-order valence-electron chi connectivity index (χ0n) is 11.5. The van der Waals surface area contributed by atoms with E-state index in [9.17, 15) is 0 Å². The third kappa shape index (κ3) is 3.55. The molecule has 19 heavy (non-hydrogen) atoms. The van der Waals surface area contributed by atoms with E-state index in [0.717, 1.165) is 29.0 Å². The van der Waals surface area contributed by atoms with E-state index in [1.165, 1.54) is 0 Å². The molecule has 1 aromatic heterocycles. The van der Waals surface area contributed by atoms with Crippen LogP contribution in [-0.2, 0) is 6.61 Å². The van der Waals surface area contributed by atoms with Gasteiger partial charge in [0.1, 0.15) is 12.4 Å². The van der Waals surface area contributed by atoms with Crippen LogP contribution in [0.4, 0.5) is 0 Å². The van der Waals surface area contributed by atoms with Gasteiger partial charge in [-0.05, 0) is 42.7 Å². The van der Waals surface area contributed by atoms with E-state index >= 15 is 0 Å². The van der Waals surface area contributed by atoms with Crippen LogP contribution in [0.15, 0.2) is 42.6 Å². The Balaban J connectivity index is 1.99. The molecular formula is C16H20N2O. The number of nitrogens with zero attached hydrogens (tertiary/aromatic N) is 1. The highest BCUT2D eigenvalue weighted by Gasteiger charge is 2.04. The SMILES string of the molecule is CCC(N)c1ccc(OCc2ncccc2C)cc1. The van der Waals surface area contributed by atoms with Crippen LogP contribution >= 0.6 is 0 Å². The second-order valence-electron chi connectivity index (χ2n) is 4.64. The maximum atomic E-state index is 5.98. The predicted molar refractivity (Wildman–Crippen MR) is 77.0 cm³/mol. The van der Waals surface area contributed by atoms with Gasteiger partial charge in [0.2, 0.25) is 0 Å². The van der Waals surface area contributed by atoms with Crippen molar-refractivity contribution in [3.8, 4) is 5.75 Å². The van der Waals surface area contributed by atoms with Crippen molar-refractivity contribution in [2.75, 3.05) is 0 Å². The van der Waals surface area contributed by atoms with Crippen molar-refractivity contribution < 1.29 is 4.74 Å². The fourth-order valence-electron chi connectivity index (χ4n) is 1.87. The first-order chi connectivity index (χ1) is 9.20. The molecule has 1 aromatic carbocycles. The lowest BCUT2D eigenvalue weighted by Crippen LogP contribution is -2.08. The highest BCUT2D eigenvalue weighted by atomic mass is 16.5. The maximum absolute atomic E-state index is 5.98. The Labute approximate surface area is 114 Å². The number of benzene rings is 1. The number of aryl methyl sites for hydroxylation is 1. The molecule has 0 spiro atoms. The molecule has 3 nitrogen and oxygen atoms in total. The third-order valence-corrected chi connectivity index (χ3v) is 3.24. The van der Waals surface area contributed by atoms with Gasteiger partial charge in [-0.1, -0.05) is 25.1 Å². The minimum atomic E-state index is 0.104. The summed E-state index contributed by atoms with van der Waals surface area (Å²) >= 11 is 0. The molecule has 1 heterocycles. The number of ether oxygens (including phenoxy) is 1. The van der Waals surface area contributed by atoms with Crippen molar-refractivity contribution in [2.45, 2.75) is 32.9 Å². The molecule has 0 saturated carbocycles. The number of aromatic nitrogens is 1. The van der Waals surface area contributed by atoms with Gasteiger partial charge in [-0.3, -0.25) is 4.98 Å². The fraction of sp³-hybridized carbons (Fsp3) is 0.312. The summed E-state index contributed by atoms with van der Waals surface area (Å²) in [6, 6.07) is 12.0. The summed E-state index contributed by atoms with van der Waals surface area (Å²) in [5.41, 5.74) is 9.24. The minimum absolute atomic E-state index is 0.104. The molecule has 1 atom stereocenters. The number of hydrogen-bond acceptors (Lipinski definition) is 3. The van der Waals surface area contributed by atoms with Crippen LogP contribution in [-0.4, -0.2) is 4.98 Å². The van der Waals surface area contributed by atoms with Crippen molar-refractivity contribution in [1.29, 1.82) is 0 Å². The first-order valence-electron chi connectivity index (χ1n) is 6.59. The number of rotatable bonds is 5. The number of pyridine rings is 1. The van der Waals surface area contributed by atoms with Crippen LogP contribution in [0, 0.1) is 6.92 Å². The number of hydrogen-bond donors (Lipinski definition) is 1. The fourth-order valence-corrected chi connectivity index (χ4v) is 1.87. The highest BCUT2D eigenvalue weighted by molar-refractivity contribution is 5.29. The Hall–Kier alpha value is -1.87. The summed E-state index contributed by atoms with van der Waals surface area (Å²) < 4.78 is 5.74. The normalized spacial score (nSPS) is 12.2. The van der Waals surface area contributed by atoms with Crippen molar-refractivity contribution >= 4 is 0 Å². The molecule has 0 bridgehead atoms. The van der Waals surface area contributed by atoms with Crippen LogP contribution in [0.5, 0.6) is 5.75 Å². The first-order valence-corrected chi connectivity index (χ1v) is 6.59. The van der Waals surface area contributed by atoms with E-state index in [0.29, 0.717) is 6.61 Å². The van der Waals surface area contributed by atoms with Crippen LogP contribution in [0.1, 0.15) is 36.2 Å². The van der Waals surface area contributed by atoms with Gasteiger partial charge < -0.3 is 10.5 Å². The molecule has 0 fully saturated rings. The Morgan fingerprint density at radius 1 is 1.21 bits per heavy atom. The van der Waals surface area contributed by atoms with Crippen LogP contribution in [0.2, 0.25) is 0 Å². The van der Waals surface area contributed by atoms with Crippen molar-refractivity contribution in [3.05, 3.63) is 59.4 Å². The Morgan fingerprint density at radius 3 is 2.58 bits per heavy atom. The number of nitrogens with two attached hydrogens (primary N) is 1.